The molecule has 0 aromatic carbocycles. The molecule has 1 aliphatic heterocycles. The van der Waals surface area contributed by atoms with Crippen molar-refractivity contribution in [1.82, 2.24) is 15.4 Å². The van der Waals surface area contributed by atoms with Gasteiger partial charge in [-0.3, -0.25) is 10.0 Å². The quantitative estimate of drug-likeness (QED) is 0.407. The number of nitrogens with one attached hydrogen (secondary N) is 2. The van der Waals surface area contributed by atoms with Crippen LogP contribution in [0.15, 0.2) is 24.4 Å². The summed E-state index contributed by atoms with van der Waals surface area (Å²) in [6.07, 6.45) is 8.20. The van der Waals surface area contributed by atoms with Gasteiger partial charge in [0.1, 0.15) is 5.82 Å². The van der Waals surface area contributed by atoms with Crippen molar-refractivity contribution in [2.45, 2.75) is 32.2 Å². The average Bonchev–Trinajstić information content (AvgIpc) is 2.99. The maximum absolute atomic E-state index is 10.9. The Bertz CT molecular complexity index is 501. The number of carbonyl (C=O) groups is 1. The first-order chi connectivity index (χ1) is 10.7. The van der Waals surface area contributed by atoms with Crippen molar-refractivity contribution in [2.75, 3.05) is 25.0 Å². The lowest BCUT2D eigenvalue weighted by molar-refractivity contribution is -0.124. The van der Waals surface area contributed by atoms with Gasteiger partial charge in [-0.1, -0.05) is 13.3 Å². The molecule has 1 aromatic rings. The minimum absolute atomic E-state index is 0.450. The summed E-state index contributed by atoms with van der Waals surface area (Å²) in [6.45, 7) is 5.61. The second-order valence-electron chi connectivity index (χ2n) is 5.57. The van der Waals surface area contributed by atoms with E-state index in [-0.39, 0.29) is 0 Å². The molecule has 1 aromatic heterocycles. The van der Waals surface area contributed by atoms with Gasteiger partial charge in [0.05, 0.1) is 0 Å². The predicted molar refractivity (Wildman–Crippen MR) is 86.6 cm³/mol. The standard InChI is InChI=1S/C16H24N4O2/c1-2-3-9-20-10-8-14(12-20)18-15-6-4-13(11-17-15)5-7-16(21)19-22/h4-7,11,14,22H,2-3,8-10,12H2,1H3,(H,17,18)(H,19,21)/b7-5+/t14-/m1/s1. The molecule has 0 saturated carbocycles. The van der Waals surface area contributed by atoms with Crippen molar-refractivity contribution < 1.29 is 10.0 Å². The van der Waals surface area contributed by atoms with Crippen LogP contribution in [0, 0.1) is 0 Å². The molecular weight excluding hydrogens is 280 g/mol. The molecule has 2 rings (SSSR count). The Kier molecular flexibility index (Phi) is 6.36. The minimum atomic E-state index is -0.555. The number of pyridine rings is 1. The number of hydrogen-bond acceptors (Lipinski definition) is 5. The van der Waals surface area contributed by atoms with Gasteiger partial charge in [0.25, 0.3) is 5.91 Å². The van der Waals surface area contributed by atoms with E-state index in [4.69, 9.17) is 5.21 Å². The third kappa shape index (κ3) is 5.13. The van der Waals surface area contributed by atoms with E-state index in [1.54, 1.807) is 17.8 Å². The maximum atomic E-state index is 10.9. The lowest BCUT2D eigenvalue weighted by Crippen LogP contribution is -2.27. The van der Waals surface area contributed by atoms with E-state index < -0.39 is 5.91 Å². The number of anilines is 1. The van der Waals surface area contributed by atoms with Crippen LogP contribution in [0.1, 0.15) is 31.7 Å². The normalized spacial score (nSPS) is 18.7. The third-order valence-corrected chi connectivity index (χ3v) is 3.78. The van der Waals surface area contributed by atoms with Gasteiger partial charge in [0, 0.05) is 31.4 Å². The number of hydroxylamine groups is 1. The SMILES string of the molecule is CCCCN1CC[C@@H](Nc2ccc(/C=C/C(=O)NO)cn2)C1. The summed E-state index contributed by atoms with van der Waals surface area (Å²) in [7, 11) is 0. The molecule has 6 heteroatoms. The number of rotatable bonds is 7. The molecule has 3 N–H and O–H groups in total. The third-order valence-electron chi connectivity index (χ3n) is 3.78. The van der Waals surface area contributed by atoms with E-state index in [9.17, 15) is 4.79 Å². The number of aromatic nitrogens is 1. The molecule has 1 saturated heterocycles. The van der Waals surface area contributed by atoms with Crippen molar-refractivity contribution >= 4 is 17.8 Å². The molecule has 1 aliphatic rings. The summed E-state index contributed by atoms with van der Waals surface area (Å²) in [4.78, 5) is 17.8. The number of amides is 1. The second-order valence-corrected chi connectivity index (χ2v) is 5.57. The number of carbonyl (C=O) groups excluding carboxylic acids is 1. The molecule has 2 heterocycles. The first-order valence-corrected chi connectivity index (χ1v) is 7.78. The zero-order valence-corrected chi connectivity index (χ0v) is 13.0. The van der Waals surface area contributed by atoms with Crippen molar-refractivity contribution in [3.63, 3.8) is 0 Å². The second kappa shape index (κ2) is 8.51. The topological polar surface area (TPSA) is 77.5 Å². The van der Waals surface area contributed by atoms with Crippen LogP contribution in [-0.4, -0.2) is 46.7 Å². The van der Waals surface area contributed by atoms with Crippen LogP contribution in [0.3, 0.4) is 0 Å². The van der Waals surface area contributed by atoms with Crippen LogP contribution in [0.4, 0.5) is 5.82 Å². The van der Waals surface area contributed by atoms with Gasteiger partial charge in [-0.15, -0.1) is 0 Å². The molecule has 1 fully saturated rings. The Morgan fingerprint density at radius 3 is 3.09 bits per heavy atom. The summed E-state index contributed by atoms with van der Waals surface area (Å²) >= 11 is 0. The molecule has 0 unspecified atom stereocenters. The van der Waals surface area contributed by atoms with Gasteiger partial charge in [0.15, 0.2) is 0 Å². The van der Waals surface area contributed by atoms with E-state index in [0.717, 1.165) is 30.9 Å². The lowest BCUT2D eigenvalue weighted by Gasteiger charge is -2.16. The Morgan fingerprint density at radius 2 is 2.41 bits per heavy atom. The average molecular weight is 304 g/mol. The van der Waals surface area contributed by atoms with Crippen LogP contribution in [0.2, 0.25) is 0 Å². The van der Waals surface area contributed by atoms with E-state index in [2.05, 4.69) is 22.1 Å². The summed E-state index contributed by atoms with van der Waals surface area (Å²) < 4.78 is 0. The fraction of sp³-hybridized carbons (Fsp3) is 0.500. The molecule has 0 bridgehead atoms. The Balaban J connectivity index is 1.82. The highest BCUT2D eigenvalue weighted by atomic mass is 16.5. The molecule has 1 atom stereocenters. The van der Waals surface area contributed by atoms with Crippen molar-refractivity contribution in [3.05, 3.63) is 30.0 Å². The van der Waals surface area contributed by atoms with Crippen LogP contribution in [0.5, 0.6) is 0 Å². The van der Waals surface area contributed by atoms with Crippen LogP contribution < -0.4 is 10.8 Å². The number of hydrogen-bond donors (Lipinski definition) is 3. The summed E-state index contributed by atoms with van der Waals surface area (Å²) in [5.74, 6) is 0.298. The fourth-order valence-electron chi connectivity index (χ4n) is 2.54. The molecule has 0 radical (unpaired) electrons. The Labute approximate surface area is 131 Å². The molecule has 120 valence electrons. The minimum Gasteiger partial charge on any atom is -0.366 e. The van der Waals surface area contributed by atoms with E-state index in [0.29, 0.717) is 6.04 Å². The molecule has 6 nitrogen and oxygen atoms in total. The van der Waals surface area contributed by atoms with Crippen molar-refractivity contribution in [1.29, 1.82) is 0 Å². The fourth-order valence-corrected chi connectivity index (χ4v) is 2.54. The highest BCUT2D eigenvalue weighted by molar-refractivity contribution is 5.90. The van der Waals surface area contributed by atoms with Crippen LogP contribution in [-0.2, 0) is 4.79 Å². The summed E-state index contributed by atoms with van der Waals surface area (Å²) in [5.41, 5.74) is 2.36. The summed E-state index contributed by atoms with van der Waals surface area (Å²) in [5, 5.41) is 11.9. The van der Waals surface area contributed by atoms with Gasteiger partial charge in [-0.25, -0.2) is 10.5 Å². The molecule has 1 amide bonds. The maximum Gasteiger partial charge on any atom is 0.267 e. The van der Waals surface area contributed by atoms with Gasteiger partial charge in [0.2, 0.25) is 0 Å². The smallest absolute Gasteiger partial charge is 0.267 e. The number of unbranched alkanes of at least 4 members (excludes halogenated alkanes) is 1. The van der Waals surface area contributed by atoms with Gasteiger partial charge in [-0.05, 0) is 43.2 Å². The monoisotopic (exact) mass is 304 g/mol. The van der Waals surface area contributed by atoms with E-state index in [1.165, 1.54) is 25.5 Å². The van der Waals surface area contributed by atoms with Gasteiger partial charge in [-0.2, -0.15) is 0 Å². The molecule has 0 spiro atoms. The van der Waals surface area contributed by atoms with Crippen molar-refractivity contribution in [2.24, 2.45) is 0 Å². The zero-order valence-electron chi connectivity index (χ0n) is 13.0. The summed E-state index contributed by atoms with van der Waals surface area (Å²) in [6, 6.07) is 4.25. The zero-order chi connectivity index (χ0) is 15.8. The van der Waals surface area contributed by atoms with E-state index in [1.807, 2.05) is 12.1 Å². The molecule has 0 aliphatic carbocycles. The predicted octanol–water partition coefficient (Wildman–Crippen LogP) is 1.89. The van der Waals surface area contributed by atoms with Crippen LogP contribution in [0.25, 0.3) is 6.08 Å². The number of nitrogens with zero attached hydrogens (tertiary/aromatic N) is 2. The largest absolute Gasteiger partial charge is 0.366 e. The molecular formula is C16H24N4O2. The van der Waals surface area contributed by atoms with Crippen LogP contribution >= 0.6 is 0 Å². The molecule has 22 heavy (non-hydrogen) atoms. The lowest BCUT2D eigenvalue weighted by atomic mass is 10.2. The van der Waals surface area contributed by atoms with Crippen molar-refractivity contribution in [3.8, 4) is 0 Å². The Morgan fingerprint density at radius 1 is 1.55 bits per heavy atom. The number of likely N-dealkylation sites (tertiary alicyclic amines) is 1. The highest BCUT2D eigenvalue weighted by Crippen LogP contribution is 2.15. The first-order valence-electron chi connectivity index (χ1n) is 7.78. The van der Waals surface area contributed by atoms with Gasteiger partial charge >= 0.3 is 0 Å². The van der Waals surface area contributed by atoms with E-state index >= 15 is 0 Å². The van der Waals surface area contributed by atoms with Gasteiger partial charge < -0.3 is 10.2 Å². The first kappa shape index (κ1) is 16.5. The Hall–Kier alpha value is -1.92. The highest BCUT2D eigenvalue weighted by Gasteiger charge is 2.21.